The predicted molar refractivity (Wildman–Crippen MR) is 88.3 cm³/mol. The van der Waals surface area contributed by atoms with Crippen LogP contribution < -0.4 is 5.32 Å². The van der Waals surface area contributed by atoms with Crippen LogP contribution in [0, 0.1) is 10.1 Å². The van der Waals surface area contributed by atoms with E-state index >= 15 is 0 Å². The van der Waals surface area contributed by atoms with Crippen LogP contribution in [0.3, 0.4) is 0 Å². The van der Waals surface area contributed by atoms with Crippen molar-refractivity contribution in [1.29, 1.82) is 0 Å². The lowest BCUT2D eigenvalue weighted by Crippen LogP contribution is -2.53. The van der Waals surface area contributed by atoms with Crippen LogP contribution in [0.1, 0.15) is 12.5 Å². The maximum atomic E-state index is 12.2. The summed E-state index contributed by atoms with van der Waals surface area (Å²) in [7, 11) is 0. The van der Waals surface area contributed by atoms with Crippen molar-refractivity contribution in [3.05, 3.63) is 57.7 Å². The standard InChI is InChI=1S/C15H13N3O4S/c1-2-17-14(20)11(13(19)16-15(17)23)8-5-7-10-6-3-4-9-12(10)18(21)22/h3-9H,2H2,1H3,(H,16,19,23). The molecule has 1 aliphatic heterocycles. The van der Waals surface area contributed by atoms with E-state index < -0.39 is 16.7 Å². The van der Waals surface area contributed by atoms with Crippen LogP contribution in [0.4, 0.5) is 5.69 Å². The lowest BCUT2D eigenvalue weighted by Gasteiger charge is -2.27. The zero-order chi connectivity index (χ0) is 17.0. The zero-order valence-electron chi connectivity index (χ0n) is 12.2. The molecule has 2 amide bonds. The lowest BCUT2D eigenvalue weighted by atomic mass is 10.1. The average Bonchev–Trinajstić information content (AvgIpc) is 2.51. The Labute approximate surface area is 137 Å². The summed E-state index contributed by atoms with van der Waals surface area (Å²) in [5.41, 5.74) is 0.245. The fourth-order valence-electron chi connectivity index (χ4n) is 2.04. The van der Waals surface area contributed by atoms with Gasteiger partial charge in [0.1, 0.15) is 5.57 Å². The van der Waals surface area contributed by atoms with Crippen LogP contribution in [0.25, 0.3) is 6.08 Å². The van der Waals surface area contributed by atoms with Gasteiger partial charge in [0.05, 0.1) is 10.5 Å². The van der Waals surface area contributed by atoms with Crippen LogP contribution in [-0.4, -0.2) is 33.3 Å². The third-order valence-electron chi connectivity index (χ3n) is 3.17. The molecule has 2 rings (SSSR count). The number of hydrogen-bond acceptors (Lipinski definition) is 5. The number of likely N-dealkylation sites (N-methyl/N-ethyl adjacent to an activating group) is 1. The Morgan fingerprint density at radius 1 is 1.35 bits per heavy atom. The van der Waals surface area contributed by atoms with E-state index in [0.29, 0.717) is 12.1 Å². The third kappa shape index (κ3) is 3.49. The molecule has 23 heavy (non-hydrogen) atoms. The largest absolute Gasteiger partial charge is 0.298 e. The number of nitrogens with one attached hydrogen (secondary N) is 1. The molecule has 1 saturated heterocycles. The summed E-state index contributed by atoms with van der Waals surface area (Å²) in [5, 5.41) is 13.4. The van der Waals surface area contributed by atoms with Gasteiger partial charge in [0, 0.05) is 12.6 Å². The highest BCUT2D eigenvalue weighted by molar-refractivity contribution is 7.80. The van der Waals surface area contributed by atoms with Gasteiger partial charge >= 0.3 is 0 Å². The Morgan fingerprint density at radius 3 is 2.70 bits per heavy atom. The minimum atomic E-state index is -0.586. The molecule has 0 spiro atoms. The Hall–Kier alpha value is -2.87. The summed E-state index contributed by atoms with van der Waals surface area (Å²) < 4.78 is 0. The fourth-order valence-corrected chi connectivity index (χ4v) is 2.35. The van der Waals surface area contributed by atoms with Crippen molar-refractivity contribution in [2.24, 2.45) is 0 Å². The number of carbonyl (C=O) groups is 2. The first-order valence-corrected chi connectivity index (χ1v) is 7.15. The summed E-state index contributed by atoms with van der Waals surface area (Å²) >= 11 is 4.92. The second kappa shape index (κ2) is 6.93. The monoisotopic (exact) mass is 331 g/mol. The number of benzene rings is 1. The number of hydrogen-bond donors (Lipinski definition) is 1. The van der Waals surface area contributed by atoms with Gasteiger partial charge in [-0.1, -0.05) is 18.2 Å². The second-order valence-corrected chi connectivity index (χ2v) is 4.95. The molecule has 0 unspecified atom stereocenters. The van der Waals surface area contributed by atoms with Gasteiger partial charge in [0.2, 0.25) is 0 Å². The Morgan fingerprint density at radius 2 is 2.04 bits per heavy atom. The molecule has 0 saturated carbocycles. The number of nitrogens with zero attached hydrogens (tertiary/aromatic N) is 2. The first kappa shape index (κ1) is 16.5. The van der Waals surface area contributed by atoms with E-state index in [9.17, 15) is 19.7 Å². The summed E-state index contributed by atoms with van der Waals surface area (Å²) in [5.74, 6) is -1.08. The van der Waals surface area contributed by atoms with Gasteiger partial charge in [-0.15, -0.1) is 0 Å². The van der Waals surface area contributed by atoms with E-state index in [-0.39, 0.29) is 16.4 Å². The molecule has 1 aromatic rings. The normalized spacial score (nSPS) is 17.0. The first-order chi connectivity index (χ1) is 11.0. The molecule has 0 radical (unpaired) electrons. The van der Waals surface area contributed by atoms with Crippen LogP contribution in [0.15, 0.2) is 42.0 Å². The smallest absolute Gasteiger partial charge is 0.276 e. The molecule has 1 fully saturated rings. The third-order valence-corrected chi connectivity index (χ3v) is 3.50. The van der Waals surface area contributed by atoms with Crippen molar-refractivity contribution >= 4 is 40.9 Å². The van der Waals surface area contributed by atoms with E-state index in [1.165, 1.54) is 29.2 Å². The van der Waals surface area contributed by atoms with Crippen molar-refractivity contribution in [2.45, 2.75) is 6.92 Å². The van der Waals surface area contributed by atoms with Gasteiger partial charge in [-0.25, -0.2) is 0 Å². The number of rotatable bonds is 4. The molecule has 7 nitrogen and oxygen atoms in total. The van der Waals surface area contributed by atoms with Crippen LogP contribution in [0.5, 0.6) is 0 Å². The number of allylic oxidation sites excluding steroid dienone is 2. The minimum Gasteiger partial charge on any atom is -0.298 e. The molecule has 0 atom stereocenters. The van der Waals surface area contributed by atoms with Crippen LogP contribution in [-0.2, 0) is 9.59 Å². The van der Waals surface area contributed by atoms with Crippen molar-refractivity contribution < 1.29 is 14.5 Å². The first-order valence-electron chi connectivity index (χ1n) is 6.74. The SMILES string of the molecule is CCN1C(=O)C(=CC=Cc2ccccc2[N+](=O)[O-])C(=O)NC1=S. The molecule has 8 heteroatoms. The topological polar surface area (TPSA) is 92.6 Å². The highest BCUT2D eigenvalue weighted by atomic mass is 32.1. The second-order valence-electron chi connectivity index (χ2n) is 4.56. The zero-order valence-corrected chi connectivity index (χ0v) is 13.0. The number of carbonyl (C=O) groups excluding carboxylic acids is 2. The van der Waals surface area contributed by atoms with E-state index in [0.717, 1.165) is 0 Å². The summed E-state index contributed by atoms with van der Waals surface area (Å²) in [6.07, 6.45) is 4.21. The molecule has 118 valence electrons. The molecular formula is C15H13N3O4S. The molecule has 1 N–H and O–H groups in total. The van der Waals surface area contributed by atoms with Gasteiger partial charge in [-0.05, 0) is 37.4 Å². The highest BCUT2D eigenvalue weighted by Crippen LogP contribution is 2.19. The Kier molecular flexibility index (Phi) is 4.97. The van der Waals surface area contributed by atoms with Gasteiger partial charge in [0.15, 0.2) is 5.11 Å². The van der Waals surface area contributed by atoms with Gasteiger partial charge in [0.25, 0.3) is 17.5 Å². The molecule has 0 aromatic heterocycles. The predicted octanol–water partition coefficient (Wildman–Crippen LogP) is 1.80. The molecule has 1 aliphatic rings. The van der Waals surface area contributed by atoms with E-state index in [2.05, 4.69) is 5.32 Å². The van der Waals surface area contributed by atoms with E-state index in [1.807, 2.05) is 0 Å². The molecular weight excluding hydrogens is 318 g/mol. The Balaban J connectivity index is 2.29. The average molecular weight is 331 g/mol. The van der Waals surface area contributed by atoms with Crippen molar-refractivity contribution in [2.75, 3.05) is 6.54 Å². The van der Waals surface area contributed by atoms with Crippen LogP contribution in [0.2, 0.25) is 0 Å². The number of para-hydroxylation sites is 1. The number of thiocarbonyl (C=S) groups is 1. The van der Waals surface area contributed by atoms with Gasteiger partial charge in [-0.2, -0.15) is 0 Å². The maximum absolute atomic E-state index is 12.2. The van der Waals surface area contributed by atoms with Crippen LogP contribution >= 0.6 is 12.2 Å². The summed E-state index contributed by atoms with van der Waals surface area (Å²) in [4.78, 5) is 35.7. The molecule has 1 aromatic carbocycles. The van der Waals surface area contributed by atoms with E-state index in [4.69, 9.17) is 12.2 Å². The maximum Gasteiger partial charge on any atom is 0.276 e. The Bertz CT molecular complexity index is 755. The minimum absolute atomic E-state index is 0.0575. The van der Waals surface area contributed by atoms with Crippen molar-refractivity contribution in [3.63, 3.8) is 0 Å². The molecule has 1 heterocycles. The summed E-state index contributed by atoms with van der Waals surface area (Å²) in [6, 6.07) is 6.17. The molecule has 0 bridgehead atoms. The number of nitro groups is 1. The highest BCUT2D eigenvalue weighted by Gasteiger charge is 2.31. The summed E-state index contributed by atoms with van der Waals surface area (Å²) in [6.45, 7) is 2.08. The fraction of sp³-hybridized carbons (Fsp3) is 0.133. The number of amides is 2. The van der Waals surface area contributed by atoms with Gasteiger partial charge in [-0.3, -0.25) is 29.9 Å². The van der Waals surface area contributed by atoms with Crippen molar-refractivity contribution in [1.82, 2.24) is 10.2 Å². The number of nitro benzene ring substituents is 1. The van der Waals surface area contributed by atoms with Gasteiger partial charge < -0.3 is 0 Å². The molecule has 0 aliphatic carbocycles. The van der Waals surface area contributed by atoms with Crippen molar-refractivity contribution in [3.8, 4) is 0 Å². The van der Waals surface area contributed by atoms with E-state index in [1.54, 1.807) is 25.1 Å². The lowest BCUT2D eigenvalue weighted by molar-refractivity contribution is -0.385. The quantitative estimate of drug-likeness (QED) is 0.298.